The van der Waals surface area contributed by atoms with Crippen molar-refractivity contribution in [2.24, 2.45) is 0 Å². The number of carboxylic acid groups (broad SMARTS) is 1. The highest BCUT2D eigenvalue weighted by atomic mass is 31.1. The number of hydrogen-bond acceptors (Lipinski definition) is 6. The second-order valence-electron chi connectivity index (χ2n) is 8.28. The maximum absolute atomic E-state index is 12.1. The number of carboxylic acids is 1. The van der Waals surface area contributed by atoms with Gasteiger partial charge in [-0.2, -0.15) is 0 Å². The number of phenols is 1. The highest BCUT2D eigenvalue weighted by Gasteiger charge is 2.31. The Morgan fingerprint density at radius 2 is 2.03 bits per heavy atom. The number of cyclic esters (lactones) is 1. The van der Waals surface area contributed by atoms with Crippen LogP contribution in [0.2, 0.25) is 0 Å². The van der Waals surface area contributed by atoms with Crippen LogP contribution in [0.3, 0.4) is 0 Å². The van der Waals surface area contributed by atoms with Crippen LogP contribution in [0.5, 0.6) is 11.5 Å². The molecule has 3 rings (SSSR count). The summed E-state index contributed by atoms with van der Waals surface area (Å²) in [4.78, 5) is 30.0. The number of allylic oxidation sites excluding steroid dienone is 2. The normalized spacial score (nSPS) is 14.3. The van der Waals surface area contributed by atoms with E-state index >= 15 is 0 Å². The summed E-state index contributed by atoms with van der Waals surface area (Å²) in [7, 11) is -1.08. The van der Waals surface area contributed by atoms with E-state index in [-0.39, 0.29) is 17.9 Å². The molecule has 0 bridgehead atoms. The number of benzene rings is 2. The zero-order valence-electron chi connectivity index (χ0n) is 19.7. The van der Waals surface area contributed by atoms with E-state index in [1.54, 1.807) is 12.1 Å². The number of phenolic OH excluding ortho intramolecular Hbond substituents is 1. The van der Waals surface area contributed by atoms with Crippen LogP contribution < -0.4 is 4.84 Å². The molecule has 0 aromatic heterocycles. The third-order valence-corrected chi connectivity index (χ3v) is 6.75. The molecule has 2 aromatic carbocycles. The molecule has 0 radical (unpaired) electrons. The Bertz CT molecular complexity index is 1160. The number of nitrogens with zero attached hydrogens (tertiary/aromatic N) is 1. The third-order valence-electron chi connectivity index (χ3n) is 6.09. The quantitative estimate of drug-likeness (QED) is 0.216. The van der Waals surface area contributed by atoms with E-state index < -0.39 is 26.6 Å². The lowest BCUT2D eigenvalue weighted by atomic mass is 9.89. The molecule has 8 nitrogen and oxygen atoms in total. The molecule has 0 amide bonds. The number of ether oxygens (including phenoxy) is 1. The fraction of sp³-hybridized carbons (Fsp3) is 0.360. The van der Waals surface area contributed by atoms with Crippen molar-refractivity contribution >= 4 is 20.5 Å². The first kappa shape index (κ1) is 25.4. The van der Waals surface area contributed by atoms with E-state index in [0.29, 0.717) is 25.0 Å². The van der Waals surface area contributed by atoms with Crippen LogP contribution in [-0.2, 0) is 40.0 Å². The predicted molar refractivity (Wildman–Crippen MR) is 128 cm³/mol. The molecule has 180 valence electrons. The van der Waals surface area contributed by atoms with Crippen LogP contribution in [0.1, 0.15) is 58.9 Å². The lowest BCUT2D eigenvalue weighted by Gasteiger charge is -2.17. The summed E-state index contributed by atoms with van der Waals surface area (Å²) in [6.07, 6.45) is 3.65. The Morgan fingerprint density at radius 3 is 2.68 bits per heavy atom. The first-order valence-corrected chi connectivity index (χ1v) is 11.9. The zero-order chi connectivity index (χ0) is 25.0. The Balaban J connectivity index is 1.85. The number of carbonyl (C=O) groups is 2. The molecule has 1 aliphatic heterocycles. The Hall–Kier alpha value is -3.22. The number of hydroxylamine groups is 1. The summed E-state index contributed by atoms with van der Waals surface area (Å²) in [6.45, 7) is 7.50. The minimum Gasteiger partial charge on any atom is -0.507 e. The van der Waals surface area contributed by atoms with Crippen molar-refractivity contribution in [2.75, 3.05) is 0 Å². The van der Waals surface area contributed by atoms with Crippen LogP contribution in [0.25, 0.3) is 0 Å². The standard InChI is InChI=1S/C25H28NO7P/c1-5-18-15(3)20-13-32-25(30)22(20)23(27)19(18)11-10-14(2)12-17-8-6-7-9-21(17)33-26(34-31)16(4)24(28)29/h6-10,16,27H,5,11-13H2,1-4H3,(H,28,29)/p+1/t16-/m0/s1. The number of hydrogen-bond donors (Lipinski definition) is 2. The van der Waals surface area contributed by atoms with Crippen LogP contribution in [-0.4, -0.2) is 33.0 Å². The fourth-order valence-electron chi connectivity index (χ4n) is 4.11. The molecule has 0 saturated carbocycles. The molecule has 9 heteroatoms. The van der Waals surface area contributed by atoms with Gasteiger partial charge < -0.3 is 19.8 Å². The smallest absolute Gasteiger partial charge is 0.457 e. The number of carbonyl (C=O) groups excluding carboxylic acids is 1. The van der Waals surface area contributed by atoms with Gasteiger partial charge in [0.05, 0.1) is 4.83 Å². The van der Waals surface area contributed by atoms with Gasteiger partial charge in [0.2, 0.25) is 0 Å². The van der Waals surface area contributed by atoms with Crippen LogP contribution >= 0.6 is 8.61 Å². The number of para-hydroxylation sites is 1. The third kappa shape index (κ3) is 5.13. The van der Waals surface area contributed by atoms with E-state index in [0.717, 1.165) is 38.2 Å². The second-order valence-corrected chi connectivity index (χ2v) is 8.90. The predicted octanol–water partition coefficient (Wildman–Crippen LogP) is 4.67. The summed E-state index contributed by atoms with van der Waals surface area (Å²) in [5, 5.41) is 20.1. The highest BCUT2D eigenvalue weighted by molar-refractivity contribution is 7.20. The molecule has 1 aliphatic rings. The lowest BCUT2D eigenvalue weighted by molar-refractivity contribution is -0.147. The maximum atomic E-state index is 12.1. The number of fused-ring (bicyclic) bond motifs is 1. The summed E-state index contributed by atoms with van der Waals surface area (Å²) in [6, 6.07) is 6.07. The van der Waals surface area contributed by atoms with Gasteiger partial charge in [-0.3, -0.25) is 4.79 Å². The molecule has 2 atom stereocenters. The largest absolute Gasteiger partial charge is 0.507 e. The summed E-state index contributed by atoms with van der Waals surface area (Å²) < 4.78 is 16.6. The van der Waals surface area contributed by atoms with Crippen molar-refractivity contribution in [3.8, 4) is 11.5 Å². The maximum Gasteiger partial charge on any atom is 0.457 e. The number of rotatable bonds is 10. The molecule has 1 heterocycles. The van der Waals surface area contributed by atoms with E-state index in [2.05, 4.69) is 0 Å². The van der Waals surface area contributed by atoms with Gasteiger partial charge in [0.15, 0.2) is 11.8 Å². The number of aliphatic carboxylic acids is 1. The molecular weight excluding hydrogens is 457 g/mol. The van der Waals surface area contributed by atoms with Gasteiger partial charge in [0, 0.05) is 16.7 Å². The zero-order valence-corrected chi connectivity index (χ0v) is 20.7. The second kappa shape index (κ2) is 10.8. The van der Waals surface area contributed by atoms with E-state index in [4.69, 9.17) is 9.57 Å². The minimum absolute atomic E-state index is 0.0116. The van der Waals surface area contributed by atoms with Gasteiger partial charge in [0.1, 0.15) is 17.9 Å². The molecular formula is C25H29NO7P+. The first-order valence-electron chi connectivity index (χ1n) is 11.0. The van der Waals surface area contributed by atoms with Gasteiger partial charge in [-0.25, -0.2) is 4.79 Å². The molecule has 34 heavy (non-hydrogen) atoms. The van der Waals surface area contributed by atoms with Gasteiger partial charge in [-0.1, -0.05) is 36.8 Å². The van der Waals surface area contributed by atoms with E-state index in [1.807, 2.05) is 39.0 Å². The number of aromatic hydroxyl groups is 1. The molecule has 0 saturated heterocycles. The Labute approximate surface area is 200 Å². The van der Waals surface area contributed by atoms with E-state index in [9.17, 15) is 24.4 Å². The Morgan fingerprint density at radius 1 is 1.32 bits per heavy atom. The van der Waals surface area contributed by atoms with Crippen LogP contribution in [0.15, 0.2) is 35.9 Å². The van der Waals surface area contributed by atoms with Crippen molar-refractivity contribution in [3.05, 3.63) is 69.3 Å². The van der Waals surface area contributed by atoms with Gasteiger partial charge in [-0.15, -0.1) is 0 Å². The average molecular weight is 486 g/mol. The molecule has 0 fully saturated rings. The van der Waals surface area contributed by atoms with Crippen molar-refractivity contribution in [3.63, 3.8) is 0 Å². The Kier molecular flexibility index (Phi) is 8.07. The topological polar surface area (TPSA) is 113 Å². The average Bonchev–Trinajstić information content (AvgIpc) is 3.21. The van der Waals surface area contributed by atoms with E-state index in [1.165, 1.54) is 6.92 Å². The molecule has 2 N–H and O–H groups in total. The van der Waals surface area contributed by atoms with Gasteiger partial charge in [0.25, 0.3) is 0 Å². The van der Waals surface area contributed by atoms with Crippen molar-refractivity contribution in [1.29, 1.82) is 0 Å². The summed E-state index contributed by atoms with van der Waals surface area (Å²) in [5.41, 5.74) is 5.51. The van der Waals surface area contributed by atoms with Crippen molar-refractivity contribution in [1.82, 2.24) is 4.83 Å². The van der Waals surface area contributed by atoms with Crippen LogP contribution in [0.4, 0.5) is 0 Å². The van der Waals surface area contributed by atoms with Crippen molar-refractivity contribution in [2.45, 2.75) is 59.6 Å². The first-order chi connectivity index (χ1) is 16.2. The van der Waals surface area contributed by atoms with Crippen molar-refractivity contribution < 1.29 is 33.9 Å². The minimum atomic E-state index is -1.14. The monoisotopic (exact) mass is 486 g/mol. The highest BCUT2D eigenvalue weighted by Crippen LogP contribution is 2.38. The molecule has 1 unspecified atom stereocenters. The SMILES string of the molecule is CCc1c(C)c2c(c(O)c1CC=C(C)Cc1ccccc1ON([PH+]=O)[C@@H](C)C(=O)O)C(=O)OC2. The molecule has 2 aromatic rings. The summed E-state index contributed by atoms with van der Waals surface area (Å²) in [5.74, 6) is -1.23. The number of esters is 1. The lowest BCUT2D eigenvalue weighted by Crippen LogP contribution is -2.34. The van der Waals surface area contributed by atoms with Crippen LogP contribution in [0, 0.1) is 6.92 Å². The van der Waals surface area contributed by atoms with Gasteiger partial charge in [-0.05, 0) is 61.8 Å². The molecule has 0 spiro atoms. The molecule has 0 aliphatic carbocycles. The summed E-state index contributed by atoms with van der Waals surface area (Å²) >= 11 is 0. The fourth-order valence-corrected chi connectivity index (χ4v) is 4.52. The van der Waals surface area contributed by atoms with Gasteiger partial charge >= 0.3 is 20.5 Å².